The molecule has 1 heterocycles. The molecule has 1 N–H and O–H groups in total. The zero-order chi connectivity index (χ0) is 16.4. The molecule has 0 amide bonds. The highest BCUT2D eigenvalue weighted by Crippen LogP contribution is 2.24. The van der Waals surface area contributed by atoms with Gasteiger partial charge in [0.05, 0.1) is 24.4 Å². The van der Waals surface area contributed by atoms with Crippen molar-refractivity contribution in [3.8, 4) is 0 Å². The fraction of sp³-hybridized carbons (Fsp3) is 0.833. The van der Waals surface area contributed by atoms with E-state index in [0.29, 0.717) is 18.8 Å². The second-order valence-electron chi connectivity index (χ2n) is 6.48. The van der Waals surface area contributed by atoms with E-state index in [1.54, 1.807) is 7.11 Å². The van der Waals surface area contributed by atoms with Gasteiger partial charge in [0.2, 0.25) is 0 Å². The zero-order valence-electron chi connectivity index (χ0n) is 14.2. The fourth-order valence-corrected chi connectivity index (χ4v) is 3.15. The SMILES string of the molecule is CCC[C@H](O)C[C@H](C[C@H](C)C[C@@H]1CC=C[C@H](CC=O)O1)OC. The predicted molar refractivity (Wildman–Crippen MR) is 87.8 cm³/mol. The number of rotatable bonds is 11. The van der Waals surface area contributed by atoms with Gasteiger partial charge in [-0.05, 0) is 38.0 Å². The monoisotopic (exact) mass is 312 g/mol. The molecule has 5 atom stereocenters. The van der Waals surface area contributed by atoms with Gasteiger partial charge in [-0.25, -0.2) is 0 Å². The number of carbonyl (C=O) groups excluding carboxylic acids is 1. The van der Waals surface area contributed by atoms with Crippen LogP contribution >= 0.6 is 0 Å². The zero-order valence-corrected chi connectivity index (χ0v) is 14.2. The molecule has 1 rings (SSSR count). The minimum Gasteiger partial charge on any atom is -0.393 e. The summed E-state index contributed by atoms with van der Waals surface area (Å²) >= 11 is 0. The standard InChI is InChI=1S/C18H32O4/c1-4-6-15(20)13-18(21-3)12-14(2)11-17-8-5-7-16(22-17)9-10-19/h5,7,10,14-18,20H,4,6,8-9,11-13H2,1-3H3/t14-,15+,16-,17+,18+/m1/s1. The Morgan fingerprint density at radius 3 is 2.86 bits per heavy atom. The van der Waals surface area contributed by atoms with Crippen molar-refractivity contribution >= 4 is 6.29 Å². The number of ether oxygens (including phenoxy) is 2. The van der Waals surface area contributed by atoms with Crippen molar-refractivity contribution in [1.29, 1.82) is 0 Å². The molecule has 0 saturated carbocycles. The molecule has 0 spiro atoms. The van der Waals surface area contributed by atoms with Crippen LogP contribution < -0.4 is 0 Å². The van der Waals surface area contributed by atoms with E-state index in [1.165, 1.54) is 0 Å². The summed E-state index contributed by atoms with van der Waals surface area (Å²) < 4.78 is 11.4. The van der Waals surface area contributed by atoms with Crippen LogP contribution in [0.5, 0.6) is 0 Å². The average Bonchev–Trinajstić information content (AvgIpc) is 2.47. The highest BCUT2D eigenvalue weighted by atomic mass is 16.5. The Bertz CT molecular complexity index is 329. The van der Waals surface area contributed by atoms with E-state index in [1.807, 2.05) is 6.08 Å². The lowest BCUT2D eigenvalue weighted by Crippen LogP contribution is -2.28. The minimum atomic E-state index is -0.270. The maximum absolute atomic E-state index is 10.6. The van der Waals surface area contributed by atoms with Gasteiger partial charge in [-0.3, -0.25) is 0 Å². The molecular weight excluding hydrogens is 280 g/mol. The van der Waals surface area contributed by atoms with Crippen molar-refractivity contribution < 1.29 is 19.4 Å². The summed E-state index contributed by atoms with van der Waals surface area (Å²) in [6, 6.07) is 0. The maximum Gasteiger partial charge on any atom is 0.122 e. The summed E-state index contributed by atoms with van der Waals surface area (Å²) in [5.74, 6) is 0.465. The van der Waals surface area contributed by atoms with E-state index in [4.69, 9.17) is 9.47 Å². The number of aliphatic hydroxyl groups is 1. The Hall–Kier alpha value is -0.710. The Labute approximate surface area is 134 Å². The van der Waals surface area contributed by atoms with Crippen LogP contribution in [0, 0.1) is 5.92 Å². The first-order valence-electron chi connectivity index (χ1n) is 8.55. The number of aldehydes is 1. The van der Waals surface area contributed by atoms with Crippen LogP contribution in [0.2, 0.25) is 0 Å². The number of hydrogen-bond acceptors (Lipinski definition) is 4. The molecule has 0 aromatic carbocycles. The molecule has 0 bridgehead atoms. The van der Waals surface area contributed by atoms with Gasteiger partial charge in [0.25, 0.3) is 0 Å². The van der Waals surface area contributed by atoms with Gasteiger partial charge in [0.15, 0.2) is 0 Å². The van der Waals surface area contributed by atoms with Crippen LogP contribution in [-0.2, 0) is 14.3 Å². The molecule has 0 aromatic rings. The van der Waals surface area contributed by atoms with Crippen molar-refractivity contribution in [1.82, 2.24) is 0 Å². The minimum absolute atomic E-state index is 0.0620. The molecule has 1 aliphatic rings. The molecular formula is C18H32O4. The van der Waals surface area contributed by atoms with Gasteiger partial charge >= 0.3 is 0 Å². The molecule has 0 aliphatic carbocycles. The molecule has 0 radical (unpaired) electrons. The van der Waals surface area contributed by atoms with E-state index >= 15 is 0 Å². The van der Waals surface area contributed by atoms with Crippen molar-refractivity contribution in [2.24, 2.45) is 5.92 Å². The van der Waals surface area contributed by atoms with Gasteiger partial charge in [0, 0.05) is 13.5 Å². The molecule has 0 saturated heterocycles. The lowest BCUT2D eigenvalue weighted by Gasteiger charge is -2.29. The summed E-state index contributed by atoms with van der Waals surface area (Å²) in [7, 11) is 1.72. The smallest absolute Gasteiger partial charge is 0.122 e. The molecule has 0 unspecified atom stereocenters. The van der Waals surface area contributed by atoms with Crippen molar-refractivity contribution in [2.45, 2.75) is 83.2 Å². The van der Waals surface area contributed by atoms with Crippen molar-refractivity contribution in [2.75, 3.05) is 7.11 Å². The third-order valence-electron chi connectivity index (χ3n) is 4.27. The molecule has 128 valence electrons. The first-order valence-corrected chi connectivity index (χ1v) is 8.55. The highest BCUT2D eigenvalue weighted by molar-refractivity contribution is 5.50. The van der Waals surface area contributed by atoms with Gasteiger partial charge in [-0.1, -0.05) is 32.4 Å². The molecule has 22 heavy (non-hydrogen) atoms. The second kappa shape index (κ2) is 10.9. The maximum atomic E-state index is 10.6. The lowest BCUT2D eigenvalue weighted by atomic mass is 9.92. The topological polar surface area (TPSA) is 55.8 Å². The first kappa shape index (κ1) is 19.3. The predicted octanol–water partition coefficient (Wildman–Crippen LogP) is 3.27. The van der Waals surface area contributed by atoms with E-state index in [9.17, 15) is 9.90 Å². The third-order valence-corrected chi connectivity index (χ3v) is 4.27. The summed E-state index contributed by atoms with van der Waals surface area (Å²) in [6.07, 6.45) is 10.7. The number of hydrogen-bond donors (Lipinski definition) is 1. The Morgan fingerprint density at radius 2 is 2.23 bits per heavy atom. The summed E-state index contributed by atoms with van der Waals surface area (Å²) in [5, 5.41) is 9.93. The highest BCUT2D eigenvalue weighted by Gasteiger charge is 2.23. The van der Waals surface area contributed by atoms with E-state index in [0.717, 1.165) is 38.4 Å². The van der Waals surface area contributed by atoms with Crippen LogP contribution in [0.3, 0.4) is 0 Å². The van der Waals surface area contributed by atoms with Gasteiger partial charge in [0.1, 0.15) is 6.29 Å². The number of carbonyl (C=O) groups is 1. The van der Waals surface area contributed by atoms with Crippen LogP contribution in [-0.4, -0.2) is 42.9 Å². The van der Waals surface area contributed by atoms with E-state index in [2.05, 4.69) is 19.9 Å². The van der Waals surface area contributed by atoms with E-state index < -0.39 is 0 Å². The lowest BCUT2D eigenvalue weighted by molar-refractivity contribution is -0.111. The second-order valence-corrected chi connectivity index (χ2v) is 6.48. The van der Waals surface area contributed by atoms with E-state index in [-0.39, 0.29) is 24.4 Å². The molecule has 4 nitrogen and oxygen atoms in total. The van der Waals surface area contributed by atoms with Gasteiger partial charge < -0.3 is 19.4 Å². The third kappa shape index (κ3) is 7.52. The molecule has 0 aromatic heterocycles. The molecule has 0 fully saturated rings. The van der Waals surface area contributed by atoms with Crippen LogP contribution in [0.4, 0.5) is 0 Å². The summed E-state index contributed by atoms with van der Waals surface area (Å²) in [5.41, 5.74) is 0. The molecule has 1 aliphatic heterocycles. The largest absolute Gasteiger partial charge is 0.393 e. The Kier molecular flexibility index (Phi) is 9.60. The fourth-order valence-electron chi connectivity index (χ4n) is 3.15. The first-order chi connectivity index (χ1) is 10.6. The van der Waals surface area contributed by atoms with Crippen LogP contribution in [0.15, 0.2) is 12.2 Å². The molecule has 4 heteroatoms. The van der Waals surface area contributed by atoms with Crippen LogP contribution in [0.25, 0.3) is 0 Å². The average molecular weight is 312 g/mol. The van der Waals surface area contributed by atoms with Gasteiger partial charge in [-0.2, -0.15) is 0 Å². The quantitative estimate of drug-likeness (QED) is 0.470. The van der Waals surface area contributed by atoms with Crippen molar-refractivity contribution in [3.63, 3.8) is 0 Å². The number of methoxy groups -OCH3 is 1. The normalized spacial score (nSPS) is 25.6. The van der Waals surface area contributed by atoms with Crippen LogP contribution in [0.1, 0.15) is 58.8 Å². The van der Waals surface area contributed by atoms with Crippen molar-refractivity contribution in [3.05, 3.63) is 12.2 Å². The Balaban J connectivity index is 2.35. The van der Waals surface area contributed by atoms with Gasteiger partial charge in [-0.15, -0.1) is 0 Å². The Morgan fingerprint density at radius 1 is 1.45 bits per heavy atom. The number of aliphatic hydroxyl groups excluding tert-OH is 1. The summed E-state index contributed by atoms with van der Waals surface area (Å²) in [6.45, 7) is 4.28. The summed E-state index contributed by atoms with van der Waals surface area (Å²) in [4.78, 5) is 10.6.